The number of aromatic nitrogens is 2. The van der Waals surface area contributed by atoms with Crippen molar-refractivity contribution in [3.05, 3.63) is 59.0 Å². The third-order valence-corrected chi connectivity index (χ3v) is 5.65. The van der Waals surface area contributed by atoms with Crippen LogP contribution in [0.5, 0.6) is 0 Å². The minimum atomic E-state index is -0.649. The van der Waals surface area contributed by atoms with E-state index in [-0.39, 0.29) is 25.5 Å². The number of nitrogens with one attached hydrogen (secondary N) is 4. The van der Waals surface area contributed by atoms with Crippen molar-refractivity contribution in [1.82, 2.24) is 14.9 Å². The second-order valence-corrected chi connectivity index (χ2v) is 8.53. The Bertz CT molecular complexity index is 1330. The van der Waals surface area contributed by atoms with Gasteiger partial charge in [-0.25, -0.2) is 14.6 Å². The fourth-order valence-corrected chi connectivity index (χ4v) is 3.62. The van der Waals surface area contributed by atoms with Gasteiger partial charge in [0, 0.05) is 29.0 Å². The van der Waals surface area contributed by atoms with Gasteiger partial charge in [0.15, 0.2) is 0 Å². The van der Waals surface area contributed by atoms with Crippen LogP contribution in [0.2, 0.25) is 5.02 Å². The number of imidazole rings is 1. The van der Waals surface area contributed by atoms with E-state index in [4.69, 9.17) is 16.3 Å². The molecule has 4 N–H and O–H groups in total. The number of benzene rings is 2. The van der Waals surface area contributed by atoms with Gasteiger partial charge >= 0.3 is 12.2 Å². The highest BCUT2D eigenvalue weighted by atomic mass is 35.5. The highest BCUT2D eigenvalue weighted by Gasteiger charge is 2.15. The zero-order valence-corrected chi connectivity index (χ0v) is 21.7. The molecule has 0 aliphatic heterocycles. The van der Waals surface area contributed by atoms with Gasteiger partial charge in [-0.05, 0) is 48.9 Å². The topological polar surface area (TPSA) is 155 Å². The third kappa shape index (κ3) is 7.71. The molecule has 0 bridgehead atoms. The van der Waals surface area contributed by atoms with Crippen LogP contribution in [0.25, 0.3) is 11.3 Å². The number of hydrogen-bond acceptors (Lipinski definition) is 7. The van der Waals surface area contributed by atoms with E-state index in [1.165, 1.54) is 18.2 Å². The molecule has 0 spiro atoms. The smallest absolute Gasteiger partial charge is 0.411 e. The number of H-pyrrole nitrogens is 1. The summed E-state index contributed by atoms with van der Waals surface area (Å²) in [5.41, 5.74) is 3.36. The predicted octanol–water partition coefficient (Wildman–Crippen LogP) is 4.03. The Morgan fingerprint density at radius 3 is 2.61 bits per heavy atom. The summed E-state index contributed by atoms with van der Waals surface area (Å²) in [6.07, 6.45) is 0.733. The van der Waals surface area contributed by atoms with E-state index in [2.05, 4.69) is 30.7 Å². The molecular weight excluding hydrogens is 516 g/mol. The maximum Gasteiger partial charge on any atom is 0.411 e. The number of methoxy groups -OCH3 is 1. The fourth-order valence-electron chi connectivity index (χ4n) is 3.39. The fraction of sp³-hybridized carbons (Fsp3) is 0.240. The number of anilines is 3. The number of amides is 4. The van der Waals surface area contributed by atoms with Crippen LogP contribution in [0.15, 0.2) is 42.6 Å². The lowest BCUT2D eigenvalue weighted by atomic mass is 10.1. The SMILES string of the molecule is COC(=O)Nc1ccc(-c2cnc(CC(=O)N(C)CCOC(=O)Nc3ccc(Cl)cc3C)[nH]2)c(NC=O)c1. The Hall–Kier alpha value is -4.58. The van der Waals surface area contributed by atoms with Gasteiger partial charge < -0.3 is 24.7 Å². The zero-order chi connectivity index (χ0) is 27.7. The molecule has 4 amide bonds. The summed E-state index contributed by atoms with van der Waals surface area (Å²) in [5, 5.41) is 8.30. The molecule has 0 saturated heterocycles. The summed E-state index contributed by atoms with van der Waals surface area (Å²) in [4.78, 5) is 56.0. The maximum atomic E-state index is 12.6. The van der Waals surface area contributed by atoms with E-state index in [9.17, 15) is 19.2 Å². The van der Waals surface area contributed by atoms with Crippen LogP contribution in [0, 0.1) is 6.92 Å². The molecule has 2 aromatic carbocycles. The van der Waals surface area contributed by atoms with Crippen LogP contribution in [0.4, 0.5) is 26.7 Å². The Balaban J connectivity index is 1.54. The van der Waals surface area contributed by atoms with Crippen molar-refractivity contribution in [2.24, 2.45) is 0 Å². The van der Waals surface area contributed by atoms with Crippen molar-refractivity contribution < 1.29 is 28.7 Å². The van der Waals surface area contributed by atoms with Crippen LogP contribution in [-0.4, -0.2) is 66.7 Å². The molecule has 0 radical (unpaired) electrons. The number of rotatable bonds is 10. The average Bonchev–Trinajstić information content (AvgIpc) is 3.34. The van der Waals surface area contributed by atoms with Gasteiger partial charge in [-0.3, -0.25) is 20.2 Å². The number of likely N-dealkylation sites (N-methyl/N-ethyl adjacent to an activating group) is 1. The van der Waals surface area contributed by atoms with Gasteiger partial charge in [0.1, 0.15) is 12.4 Å². The molecule has 12 nitrogen and oxygen atoms in total. The standard InChI is InChI=1S/C25H27ClN6O6/c1-15-10-16(26)4-7-19(15)31-25(36)38-9-8-32(2)23(34)12-22-27-13-21(30-22)18-6-5-17(29-24(35)37-3)11-20(18)28-14-33/h4-7,10-11,13-14H,8-9,12H2,1-3H3,(H,27,30)(H,28,33)(H,29,35)(H,31,36). The number of aryl methyl sites for hydroxylation is 1. The van der Waals surface area contributed by atoms with Crippen molar-refractivity contribution >= 4 is 53.2 Å². The minimum Gasteiger partial charge on any atom is -0.453 e. The van der Waals surface area contributed by atoms with Gasteiger partial charge in [-0.1, -0.05) is 11.6 Å². The molecule has 0 aliphatic rings. The van der Waals surface area contributed by atoms with Gasteiger partial charge in [0.2, 0.25) is 12.3 Å². The van der Waals surface area contributed by atoms with Crippen LogP contribution in [0.3, 0.4) is 0 Å². The molecule has 13 heteroatoms. The van der Waals surface area contributed by atoms with Gasteiger partial charge in [-0.2, -0.15) is 0 Å². The van der Waals surface area contributed by atoms with Crippen LogP contribution >= 0.6 is 11.6 Å². The van der Waals surface area contributed by atoms with E-state index >= 15 is 0 Å². The normalized spacial score (nSPS) is 10.3. The number of carbonyl (C=O) groups is 4. The maximum absolute atomic E-state index is 12.6. The monoisotopic (exact) mass is 542 g/mol. The Kier molecular flexibility index (Phi) is 9.66. The first-order valence-corrected chi connectivity index (χ1v) is 11.7. The van der Waals surface area contributed by atoms with E-state index in [0.717, 1.165) is 5.56 Å². The summed E-state index contributed by atoms with van der Waals surface area (Å²) >= 11 is 5.92. The molecule has 0 saturated carbocycles. The first kappa shape index (κ1) is 28.0. The largest absolute Gasteiger partial charge is 0.453 e. The third-order valence-electron chi connectivity index (χ3n) is 5.41. The zero-order valence-electron chi connectivity index (χ0n) is 21.0. The van der Waals surface area contributed by atoms with E-state index in [1.807, 2.05) is 6.92 Å². The lowest BCUT2D eigenvalue weighted by Gasteiger charge is -2.17. The summed E-state index contributed by atoms with van der Waals surface area (Å²) in [6, 6.07) is 9.93. The quantitative estimate of drug-likeness (QED) is 0.282. The average molecular weight is 543 g/mol. The first-order chi connectivity index (χ1) is 18.2. The highest BCUT2D eigenvalue weighted by Crippen LogP contribution is 2.29. The second kappa shape index (κ2) is 13.1. The van der Waals surface area contributed by atoms with Crippen molar-refractivity contribution in [2.45, 2.75) is 13.3 Å². The van der Waals surface area contributed by atoms with E-state index in [0.29, 0.717) is 45.6 Å². The van der Waals surface area contributed by atoms with Crippen LogP contribution in [-0.2, 0) is 25.5 Å². The Morgan fingerprint density at radius 2 is 1.89 bits per heavy atom. The molecule has 0 fully saturated rings. The minimum absolute atomic E-state index is 0.00318. The number of aromatic amines is 1. The lowest BCUT2D eigenvalue weighted by Crippen LogP contribution is -2.32. The number of halogens is 1. The summed E-state index contributed by atoms with van der Waals surface area (Å²) in [6.45, 7) is 1.99. The first-order valence-electron chi connectivity index (χ1n) is 11.4. The molecule has 3 aromatic rings. The van der Waals surface area contributed by atoms with Crippen LogP contribution in [0.1, 0.15) is 11.4 Å². The molecule has 0 aliphatic carbocycles. The van der Waals surface area contributed by atoms with Gasteiger partial charge in [0.25, 0.3) is 0 Å². The second-order valence-electron chi connectivity index (χ2n) is 8.09. The van der Waals surface area contributed by atoms with E-state index < -0.39 is 12.2 Å². The number of ether oxygens (including phenoxy) is 2. The van der Waals surface area contributed by atoms with Crippen molar-refractivity contribution in [3.8, 4) is 11.3 Å². The van der Waals surface area contributed by atoms with Crippen molar-refractivity contribution in [1.29, 1.82) is 0 Å². The van der Waals surface area contributed by atoms with Crippen molar-refractivity contribution in [2.75, 3.05) is 43.3 Å². The molecule has 3 rings (SSSR count). The summed E-state index contributed by atoms with van der Waals surface area (Å²) in [7, 11) is 2.84. The molecule has 38 heavy (non-hydrogen) atoms. The van der Waals surface area contributed by atoms with E-state index in [1.54, 1.807) is 43.4 Å². The number of nitrogens with zero attached hydrogens (tertiary/aromatic N) is 2. The van der Waals surface area contributed by atoms with Gasteiger partial charge in [-0.15, -0.1) is 0 Å². The molecule has 1 heterocycles. The molecular formula is C25H27ClN6O6. The van der Waals surface area contributed by atoms with Crippen molar-refractivity contribution in [3.63, 3.8) is 0 Å². The lowest BCUT2D eigenvalue weighted by molar-refractivity contribution is -0.129. The number of carbonyl (C=O) groups excluding carboxylic acids is 4. The summed E-state index contributed by atoms with van der Waals surface area (Å²) < 4.78 is 9.74. The Morgan fingerprint density at radius 1 is 1.11 bits per heavy atom. The molecule has 0 atom stereocenters. The Labute approximate surface area is 223 Å². The summed E-state index contributed by atoms with van der Waals surface area (Å²) in [5.74, 6) is 0.162. The number of hydrogen-bond donors (Lipinski definition) is 4. The molecule has 200 valence electrons. The van der Waals surface area contributed by atoms with Gasteiger partial charge in [0.05, 0.1) is 37.7 Å². The predicted molar refractivity (Wildman–Crippen MR) is 142 cm³/mol. The van der Waals surface area contributed by atoms with Crippen LogP contribution < -0.4 is 16.0 Å². The molecule has 1 aromatic heterocycles. The molecule has 0 unspecified atom stereocenters. The highest BCUT2D eigenvalue weighted by molar-refractivity contribution is 6.30.